The number of nitrogens with zero attached hydrogens (tertiary/aromatic N) is 4. The molecule has 1 aliphatic rings. The van der Waals surface area contributed by atoms with Crippen LogP contribution < -0.4 is 15.5 Å². The second-order valence-corrected chi connectivity index (χ2v) is 4.64. The predicted octanol–water partition coefficient (Wildman–Crippen LogP) is 0.673. The molecule has 7 nitrogen and oxygen atoms in total. The van der Waals surface area contributed by atoms with Crippen molar-refractivity contribution >= 4 is 29.4 Å². The zero-order valence-corrected chi connectivity index (χ0v) is 11.6. The first-order valence-corrected chi connectivity index (χ1v) is 6.68. The second kappa shape index (κ2) is 6.51. The van der Waals surface area contributed by atoms with Crippen molar-refractivity contribution in [3.05, 3.63) is 5.28 Å². The highest BCUT2D eigenvalue weighted by Crippen LogP contribution is 2.18. The van der Waals surface area contributed by atoms with E-state index in [9.17, 15) is 4.79 Å². The average Bonchev–Trinajstić information content (AvgIpc) is 2.45. The van der Waals surface area contributed by atoms with E-state index in [0.717, 1.165) is 25.9 Å². The molecule has 0 radical (unpaired) electrons. The van der Waals surface area contributed by atoms with Gasteiger partial charge in [0.15, 0.2) is 0 Å². The highest BCUT2D eigenvalue weighted by molar-refractivity contribution is 6.28. The van der Waals surface area contributed by atoms with Crippen LogP contribution in [0, 0.1) is 0 Å². The molecule has 0 spiro atoms. The second-order valence-electron chi connectivity index (χ2n) is 4.30. The molecule has 1 amide bonds. The fourth-order valence-electron chi connectivity index (χ4n) is 1.90. The molecule has 2 rings (SSSR count). The number of hydrogen-bond acceptors (Lipinski definition) is 6. The molecule has 0 aromatic carbocycles. The SMILES string of the molecule is CNC(=O)CNc1nc(Cl)nc(N2CCCCC2)n1. The number of amides is 1. The highest BCUT2D eigenvalue weighted by atomic mass is 35.5. The first-order chi connectivity index (χ1) is 9.19. The lowest BCUT2D eigenvalue weighted by Gasteiger charge is -2.26. The van der Waals surface area contributed by atoms with Crippen LogP contribution >= 0.6 is 11.6 Å². The Morgan fingerprint density at radius 3 is 2.68 bits per heavy atom. The quantitative estimate of drug-likeness (QED) is 0.846. The van der Waals surface area contributed by atoms with Crippen LogP contribution in [-0.2, 0) is 4.79 Å². The van der Waals surface area contributed by atoms with Crippen molar-refractivity contribution in [3.8, 4) is 0 Å². The van der Waals surface area contributed by atoms with E-state index in [1.54, 1.807) is 7.05 Å². The summed E-state index contributed by atoms with van der Waals surface area (Å²) in [5.74, 6) is 0.749. The number of carbonyl (C=O) groups is 1. The summed E-state index contributed by atoms with van der Waals surface area (Å²) in [6.07, 6.45) is 3.49. The summed E-state index contributed by atoms with van der Waals surface area (Å²) >= 11 is 5.89. The van der Waals surface area contributed by atoms with Crippen LogP contribution in [0.3, 0.4) is 0 Å². The largest absolute Gasteiger partial charge is 0.358 e. The number of piperidine rings is 1. The lowest BCUT2D eigenvalue weighted by Crippen LogP contribution is -2.32. The van der Waals surface area contributed by atoms with Crippen LogP contribution in [0.25, 0.3) is 0 Å². The van der Waals surface area contributed by atoms with Crippen LogP contribution in [0.1, 0.15) is 19.3 Å². The molecular formula is C11H17ClN6O. The van der Waals surface area contributed by atoms with Crippen LogP contribution in [-0.4, -0.2) is 47.5 Å². The molecule has 1 aliphatic heterocycles. The van der Waals surface area contributed by atoms with Crippen molar-refractivity contribution in [3.63, 3.8) is 0 Å². The van der Waals surface area contributed by atoms with Crippen molar-refractivity contribution in [1.82, 2.24) is 20.3 Å². The van der Waals surface area contributed by atoms with Crippen molar-refractivity contribution < 1.29 is 4.79 Å². The summed E-state index contributed by atoms with van der Waals surface area (Å²) in [4.78, 5) is 25.6. The van der Waals surface area contributed by atoms with Gasteiger partial charge >= 0.3 is 0 Å². The Morgan fingerprint density at radius 2 is 2.00 bits per heavy atom. The topological polar surface area (TPSA) is 83.0 Å². The normalized spacial score (nSPS) is 15.2. The van der Waals surface area contributed by atoms with E-state index in [1.165, 1.54) is 6.42 Å². The standard InChI is InChI=1S/C11H17ClN6O/c1-13-8(19)7-14-10-15-9(12)16-11(17-10)18-5-3-2-4-6-18/h2-7H2,1H3,(H,13,19)(H,14,15,16,17). The van der Waals surface area contributed by atoms with Gasteiger partial charge in [0.25, 0.3) is 0 Å². The third-order valence-corrected chi connectivity index (χ3v) is 3.09. The Morgan fingerprint density at radius 1 is 1.26 bits per heavy atom. The third kappa shape index (κ3) is 3.92. The third-order valence-electron chi connectivity index (χ3n) is 2.92. The number of likely N-dealkylation sites (N-methyl/N-ethyl adjacent to an activating group) is 1. The van der Waals surface area contributed by atoms with Crippen molar-refractivity contribution in [2.45, 2.75) is 19.3 Å². The molecule has 1 aromatic heterocycles. The number of halogens is 1. The summed E-state index contributed by atoms with van der Waals surface area (Å²) in [6, 6.07) is 0. The van der Waals surface area contributed by atoms with Gasteiger partial charge in [-0.1, -0.05) is 0 Å². The number of nitrogens with one attached hydrogen (secondary N) is 2. The summed E-state index contributed by atoms with van der Waals surface area (Å²) in [5, 5.41) is 5.48. The summed E-state index contributed by atoms with van der Waals surface area (Å²) in [5.41, 5.74) is 0. The van der Waals surface area contributed by atoms with E-state index in [1.807, 2.05) is 0 Å². The van der Waals surface area contributed by atoms with Gasteiger partial charge in [-0.15, -0.1) is 0 Å². The minimum absolute atomic E-state index is 0.107. The van der Waals surface area contributed by atoms with Gasteiger partial charge in [-0.3, -0.25) is 4.79 Å². The molecule has 8 heteroatoms. The van der Waals surface area contributed by atoms with Crippen LogP contribution in [0.4, 0.5) is 11.9 Å². The molecule has 0 saturated carbocycles. The first-order valence-electron chi connectivity index (χ1n) is 6.30. The van der Waals surface area contributed by atoms with Crippen molar-refractivity contribution in [1.29, 1.82) is 0 Å². The minimum Gasteiger partial charge on any atom is -0.358 e. The zero-order chi connectivity index (χ0) is 13.7. The lowest BCUT2D eigenvalue weighted by atomic mass is 10.1. The number of rotatable bonds is 4. The first kappa shape index (κ1) is 13.8. The fourth-order valence-corrected chi connectivity index (χ4v) is 2.06. The van der Waals surface area contributed by atoms with Gasteiger partial charge in [-0.2, -0.15) is 15.0 Å². The van der Waals surface area contributed by atoms with Crippen LogP contribution in [0.15, 0.2) is 0 Å². The smallest absolute Gasteiger partial charge is 0.239 e. The van der Waals surface area contributed by atoms with E-state index in [2.05, 4.69) is 30.5 Å². The molecule has 19 heavy (non-hydrogen) atoms. The van der Waals surface area contributed by atoms with Crippen molar-refractivity contribution in [2.75, 3.05) is 36.9 Å². The molecule has 2 N–H and O–H groups in total. The van der Waals surface area contributed by atoms with Gasteiger partial charge in [0.1, 0.15) is 0 Å². The Balaban J connectivity index is 2.07. The lowest BCUT2D eigenvalue weighted by molar-refractivity contribution is -0.118. The van der Waals surface area contributed by atoms with Gasteiger partial charge in [-0.25, -0.2) is 0 Å². The maximum absolute atomic E-state index is 11.2. The van der Waals surface area contributed by atoms with E-state index in [-0.39, 0.29) is 17.7 Å². The van der Waals surface area contributed by atoms with Gasteiger partial charge in [0.05, 0.1) is 6.54 Å². The molecular weight excluding hydrogens is 268 g/mol. The molecule has 2 heterocycles. The molecule has 0 atom stereocenters. The summed E-state index contributed by atoms with van der Waals surface area (Å²) < 4.78 is 0. The van der Waals surface area contributed by atoms with E-state index in [0.29, 0.717) is 11.9 Å². The molecule has 0 unspecified atom stereocenters. The maximum Gasteiger partial charge on any atom is 0.239 e. The molecule has 1 fully saturated rings. The predicted molar refractivity (Wildman–Crippen MR) is 73.5 cm³/mol. The number of hydrogen-bond donors (Lipinski definition) is 2. The Kier molecular flexibility index (Phi) is 4.73. The number of aromatic nitrogens is 3. The fraction of sp³-hybridized carbons (Fsp3) is 0.636. The van der Waals surface area contributed by atoms with E-state index >= 15 is 0 Å². The van der Waals surface area contributed by atoms with E-state index in [4.69, 9.17) is 11.6 Å². The summed E-state index contributed by atoms with van der Waals surface area (Å²) in [6.45, 7) is 1.96. The summed E-state index contributed by atoms with van der Waals surface area (Å²) in [7, 11) is 1.57. The zero-order valence-electron chi connectivity index (χ0n) is 10.8. The van der Waals surface area contributed by atoms with Crippen LogP contribution in [0.5, 0.6) is 0 Å². The maximum atomic E-state index is 11.2. The van der Waals surface area contributed by atoms with Gasteiger partial charge in [0.2, 0.25) is 23.1 Å². The molecule has 104 valence electrons. The Bertz CT molecular complexity index is 449. The van der Waals surface area contributed by atoms with E-state index < -0.39 is 0 Å². The number of anilines is 2. The Hall–Kier alpha value is -1.63. The monoisotopic (exact) mass is 284 g/mol. The molecule has 1 saturated heterocycles. The Labute approximate surface area is 116 Å². The molecule has 1 aromatic rings. The molecule has 0 bridgehead atoms. The van der Waals surface area contributed by atoms with Gasteiger partial charge < -0.3 is 15.5 Å². The average molecular weight is 285 g/mol. The van der Waals surface area contributed by atoms with Gasteiger partial charge in [-0.05, 0) is 30.9 Å². The highest BCUT2D eigenvalue weighted by Gasteiger charge is 2.15. The molecule has 0 aliphatic carbocycles. The van der Waals surface area contributed by atoms with Crippen LogP contribution in [0.2, 0.25) is 5.28 Å². The number of carbonyl (C=O) groups excluding carboxylic acids is 1. The van der Waals surface area contributed by atoms with Gasteiger partial charge in [0, 0.05) is 20.1 Å². The minimum atomic E-state index is -0.143. The van der Waals surface area contributed by atoms with Crippen molar-refractivity contribution in [2.24, 2.45) is 0 Å².